The van der Waals surface area contributed by atoms with Gasteiger partial charge in [-0.3, -0.25) is 9.36 Å². The van der Waals surface area contributed by atoms with Crippen molar-refractivity contribution < 1.29 is 14.3 Å². The van der Waals surface area contributed by atoms with E-state index in [0.29, 0.717) is 23.1 Å². The summed E-state index contributed by atoms with van der Waals surface area (Å²) in [4.78, 5) is 28.4. The van der Waals surface area contributed by atoms with Gasteiger partial charge in [-0.05, 0) is 80.8 Å². The van der Waals surface area contributed by atoms with Gasteiger partial charge in [-0.1, -0.05) is 23.7 Å². The summed E-state index contributed by atoms with van der Waals surface area (Å²) in [7, 11) is 0. The molecule has 10 heteroatoms. The first kappa shape index (κ1) is 26.6. The quantitative estimate of drug-likeness (QED) is 0.457. The van der Waals surface area contributed by atoms with Crippen molar-refractivity contribution in [2.75, 3.05) is 19.6 Å². The van der Waals surface area contributed by atoms with Gasteiger partial charge < -0.3 is 15.3 Å². The summed E-state index contributed by atoms with van der Waals surface area (Å²) in [5.74, 6) is 0.106. The summed E-state index contributed by atoms with van der Waals surface area (Å²) in [6, 6.07) is 11.6. The van der Waals surface area contributed by atoms with Crippen LogP contribution in [-0.2, 0) is 17.8 Å². The number of aromatic nitrogens is 3. The molecule has 1 aliphatic carbocycles. The monoisotopic (exact) mass is 541 g/mol. The number of likely N-dealkylation sites (tertiary alicyclic amines) is 1. The number of carbonyl (C=O) groups is 1. The van der Waals surface area contributed by atoms with E-state index < -0.39 is 11.5 Å². The molecule has 2 atom stereocenters. The summed E-state index contributed by atoms with van der Waals surface area (Å²) < 4.78 is 16.3. The molecule has 0 radical (unpaired) electrons. The van der Waals surface area contributed by atoms with Crippen LogP contribution >= 0.6 is 11.6 Å². The highest BCUT2D eigenvalue weighted by Gasteiger charge is 2.40. The van der Waals surface area contributed by atoms with Crippen LogP contribution in [-0.4, -0.2) is 62.0 Å². The maximum absolute atomic E-state index is 13.8. The number of nitrogens with one attached hydrogen (secondary N) is 1. The summed E-state index contributed by atoms with van der Waals surface area (Å²) in [6.07, 6.45) is 2.96. The summed E-state index contributed by atoms with van der Waals surface area (Å²) in [6.45, 7) is 6.27. The van der Waals surface area contributed by atoms with Gasteiger partial charge in [0.15, 0.2) is 5.82 Å². The fourth-order valence-corrected chi connectivity index (χ4v) is 5.81. The zero-order valence-corrected chi connectivity index (χ0v) is 22.4. The average Bonchev–Trinajstić information content (AvgIpc) is 3.28. The minimum atomic E-state index is -0.578. The first-order valence-electron chi connectivity index (χ1n) is 13.1. The Morgan fingerprint density at radius 1 is 1.16 bits per heavy atom. The number of piperidine rings is 1. The molecular formula is C28H33ClFN5O3. The Kier molecular flexibility index (Phi) is 7.70. The molecule has 2 N–H and O–H groups in total. The molecule has 2 heterocycles. The van der Waals surface area contributed by atoms with Crippen LogP contribution in [0.3, 0.4) is 0 Å². The second-order valence-corrected chi connectivity index (χ2v) is 11.1. The Morgan fingerprint density at radius 3 is 2.47 bits per heavy atom. The first-order chi connectivity index (χ1) is 18.2. The maximum atomic E-state index is 13.8. The molecule has 2 unspecified atom stereocenters. The minimum Gasteiger partial charge on any atom is -0.392 e. The molecule has 1 saturated carbocycles. The highest BCUT2D eigenvalue weighted by molar-refractivity contribution is 6.31. The fourth-order valence-electron chi connectivity index (χ4n) is 5.63. The third-order valence-corrected chi connectivity index (χ3v) is 7.84. The van der Waals surface area contributed by atoms with E-state index >= 15 is 0 Å². The average molecular weight is 542 g/mol. The Bertz CT molecular complexity index is 1360. The zero-order valence-electron chi connectivity index (χ0n) is 21.6. The van der Waals surface area contributed by atoms with Crippen LogP contribution in [0, 0.1) is 17.7 Å². The molecule has 2 bridgehead atoms. The Morgan fingerprint density at radius 2 is 1.84 bits per heavy atom. The lowest BCUT2D eigenvalue weighted by Crippen LogP contribution is -2.45. The van der Waals surface area contributed by atoms with Crippen molar-refractivity contribution >= 4 is 17.5 Å². The van der Waals surface area contributed by atoms with E-state index in [1.54, 1.807) is 0 Å². The van der Waals surface area contributed by atoms with Gasteiger partial charge in [0.25, 0.3) is 0 Å². The molecular weight excluding hydrogens is 509 g/mol. The normalized spacial score (nSPS) is 21.3. The third kappa shape index (κ3) is 5.55. The van der Waals surface area contributed by atoms with Crippen LogP contribution in [0.15, 0.2) is 47.3 Å². The molecule has 1 aromatic heterocycles. The molecule has 0 spiro atoms. The van der Waals surface area contributed by atoms with E-state index in [2.05, 4.69) is 15.3 Å². The Hall–Kier alpha value is -3.01. The van der Waals surface area contributed by atoms with Gasteiger partial charge in [-0.2, -0.15) is 4.68 Å². The SMILES string of the molecule is CC(C)NC(=O)Cn1c(-c2ccc(F)c(Cl)c2)nn(-c2ccc(CCN3CC4CCC(C3)C4O)cc2)c1=O. The van der Waals surface area contributed by atoms with Crippen molar-refractivity contribution in [3.63, 3.8) is 0 Å². The molecule has 2 aromatic carbocycles. The van der Waals surface area contributed by atoms with E-state index in [-0.39, 0.29) is 35.4 Å². The van der Waals surface area contributed by atoms with Crippen molar-refractivity contribution in [1.82, 2.24) is 24.6 Å². The largest absolute Gasteiger partial charge is 0.392 e. The van der Waals surface area contributed by atoms with E-state index in [1.807, 2.05) is 38.1 Å². The topological polar surface area (TPSA) is 92.4 Å². The highest BCUT2D eigenvalue weighted by atomic mass is 35.5. The van der Waals surface area contributed by atoms with Gasteiger partial charge in [0.2, 0.25) is 5.91 Å². The molecule has 1 aliphatic heterocycles. The smallest absolute Gasteiger partial charge is 0.351 e. The number of rotatable bonds is 8. The number of fused-ring (bicyclic) bond motifs is 2. The number of hydrogen-bond donors (Lipinski definition) is 2. The number of aliphatic hydroxyl groups is 1. The lowest BCUT2D eigenvalue weighted by Gasteiger charge is -2.35. The van der Waals surface area contributed by atoms with Crippen LogP contribution in [0.2, 0.25) is 5.02 Å². The lowest BCUT2D eigenvalue weighted by molar-refractivity contribution is -0.122. The number of carbonyl (C=O) groups excluding carboxylic acids is 1. The molecule has 2 aliphatic rings. The predicted octanol–water partition coefficient (Wildman–Crippen LogP) is 3.26. The number of hydrogen-bond acceptors (Lipinski definition) is 5. The van der Waals surface area contributed by atoms with Gasteiger partial charge in [0.05, 0.1) is 16.8 Å². The number of aliphatic hydroxyl groups excluding tert-OH is 1. The first-order valence-corrected chi connectivity index (χ1v) is 13.5. The molecule has 8 nitrogen and oxygen atoms in total. The second-order valence-electron chi connectivity index (χ2n) is 10.7. The van der Waals surface area contributed by atoms with E-state index in [9.17, 15) is 19.1 Å². The van der Waals surface area contributed by atoms with Crippen LogP contribution in [0.25, 0.3) is 17.1 Å². The maximum Gasteiger partial charge on any atom is 0.351 e. The van der Waals surface area contributed by atoms with Gasteiger partial charge >= 0.3 is 5.69 Å². The van der Waals surface area contributed by atoms with Crippen LogP contribution < -0.4 is 11.0 Å². The molecule has 5 rings (SSSR count). The van der Waals surface area contributed by atoms with Crippen LogP contribution in [0.5, 0.6) is 0 Å². The van der Waals surface area contributed by atoms with Gasteiger partial charge in [-0.15, -0.1) is 5.10 Å². The van der Waals surface area contributed by atoms with E-state index in [1.165, 1.54) is 27.4 Å². The molecule has 1 saturated heterocycles. The minimum absolute atomic E-state index is 0.0883. The molecule has 202 valence electrons. The highest BCUT2D eigenvalue weighted by Crippen LogP contribution is 2.36. The van der Waals surface area contributed by atoms with Crippen molar-refractivity contribution in [3.05, 3.63) is 69.4 Å². The summed E-state index contributed by atoms with van der Waals surface area (Å²) in [5, 5.41) is 17.5. The van der Waals surface area contributed by atoms with E-state index in [0.717, 1.165) is 44.5 Å². The number of amides is 1. The fraction of sp³-hybridized carbons (Fsp3) is 0.464. The Balaban J connectivity index is 1.37. The molecule has 2 fully saturated rings. The van der Waals surface area contributed by atoms with Gasteiger partial charge in [0, 0.05) is 31.2 Å². The van der Waals surface area contributed by atoms with Gasteiger partial charge in [-0.25, -0.2) is 9.18 Å². The predicted molar refractivity (Wildman–Crippen MR) is 144 cm³/mol. The Labute approximate surface area is 226 Å². The molecule has 3 aromatic rings. The number of nitrogens with zero attached hydrogens (tertiary/aromatic N) is 4. The van der Waals surface area contributed by atoms with Crippen LogP contribution in [0.1, 0.15) is 32.3 Å². The van der Waals surface area contributed by atoms with Crippen molar-refractivity contribution in [2.45, 2.75) is 51.8 Å². The van der Waals surface area contributed by atoms with Gasteiger partial charge in [0.1, 0.15) is 12.4 Å². The van der Waals surface area contributed by atoms with Crippen LogP contribution in [0.4, 0.5) is 4.39 Å². The zero-order chi connectivity index (χ0) is 27.0. The van der Waals surface area contributed by atoms with E-state index in [4.69, 9.17) is 11.6 Å². The molecule has 38 heavy (non-hydrogen) atoms. The van der Waals surface area contributed by atoms with Crippen molar-refractivity contribution in [3.8, 4) is 17.1 Å². The van der Waals surface area contributed by atoms with Crippen molar-refractivity contribution in [2.24, 2.45) is 11.8 Å². The number of benzene rings is 2. The second kappa shape index (κ2) is 11.0. The summed E-state index contributed by atoms with van der Waals surface area (Å²) in [5.41, 5.74) is 1.66. The standard InChI is InChI=1S/C28H33ClFN5O3/c1-17(2)31-25(36)16-34-27(19-7-10-24(30)23(29)13-19)32-35(28(34)38)22-8-3-18(4-9-22)11-12-33-14-20-5-6-21(15-33)26(20)37/h3-4,7-10,13,17,20-21,26,37H,5-6,11-12,14-16H2,1-2H3,(H,31,36). The molecule has 1 amide bonds. The lowest BCUT2D eigenvalue weighted by atomic mass is 9.95. The summed E-state index contributed by atoms with van der Waals surface area (Å²) >= 11 is 5.99. The third-order valence-electron chi connectivity index (χ3n) is 7.55. The van der Waals surface area contributed by atoms with Crippen molar-refractivity contribution in [1.29, 1.82) is 0 Å². The number of halogens is 2.